The largest absolute Gasteiger partial charge is 0.481 e. The number of aliphatic carboxylic acids is 1. The first-order valence-corrected chi connectivity index (χ1v) is 16.6. The number of sulfonamides is 1. The highest BCUT2D eigenvalue weighted by Gasteiger charge is 2.29. The quantitative estimate of drug-likeness (QED) is 0.187. The number of aromatic nitrogens is 2. The minimum absolute atomic E-state index is 0.0278. The zero-order valence-electron chi connectivity index (χ0n) is 24.1. The summed E-state index contributed by atoms with van der Waals surface area (Å²) in [6, 6.07) is 15.0. The minimum atomic E-state index is -4.11. The lowest BCUT2D eigenvalue weighted by Gasteiger charge is -2.23. The molecule has 2 N–H and O–H groups in total. The number of amides is 1. The highest BCUT2D eigenvalue weighted by atomic mass is 32.2. The van der Waals surface area contributed by atoms with E-state index in [1.807, 2.05) is 0 Å². The second kappa shape index (κ2) is 13.8. The molecule has 10 nitrogen and oxygen atoms in total. The van der Waals surface area contributed by atoms with Crippen molar-refractivity contribution < 1.29 is 32.2 Å². The van der Waals surface area contributed by atoms with E-state index in [0.29, 0.717) is 44.8 Å². The van der Waals surface area contributed by atoms with Crippen molar-refractivity contribution in [1.82, 2.24) is 14.3 Å². The maximum atomic E-state index is 13.7. The van der Waals surface area contributed by atoms with Crippen molar-refractivity contribution in [3.05, 3.63) is 77.6 Å². The lowest BCUT2D eigenvalue weighted by molar-refractivity contribution is -0.137. The number of anilines is 1. The number of carbonyl (C=O) groups is 2. The van der Waals surface area contributed by atoms with Crippen molar-refractivity contribution in [2.75, 3.05) is 19.0 Å². The zero-order chi connectivity index (χ0) is 31.3. The van der Waals surface area contributed by atoms with E-state index in [-0.39, 0.29) is 23.9 Å². The van der Waals surface area contributed by atoms with Gasteiger partial charge in [-0.1, -0.05) is 61.3 Å². The van der Waals surface area contributed by atoms with Gasteiger partial charge in [-0.25, -0.2) is 22.8 Å². The third-order valence-corrected chi connectivity index (χ3v) is 10.5. The Kier molecular flexibility index (Phi) is 9.87. The maximum Gasteiger partial charge on any atom is 0.304 e. The van der Waals surface area contributed by atoms with Crippen LogP contribution in [-0.2, 0) is 26.2 Å². The molecular weight excluding hydrogens is 607 g/mol. The number of carboxylic acid groups (broad SMARTS) is 1. The van der Waals surface area contributed by atoms with Gasteiger partial charge in [0.2, 0.25) is 21.8 Å². The summed E-state index contributed by atoms with van der Waals surface area (Å²) in [5.41, 5.74) is 1.83. The number of rotatable bonds is 13. The number of thiazole rings is 1. The van der Waals surface area contributed by atoms with E-state index in [2.05, 4.69) is 15.3 Å². The van der Waals surface area contributed by atoms with Gasteiger partial charge in [0.15, 0.2) is 5.13 Å². The maximum absolute atomic E-state index is 13.7. The van der Waals surface area contributed by atoms with E-state index in [1.165, 1.54) is 54.8 Å². The standard InChI is InChI=1S/C31H33FN4O6S2/c1-42-27-15-14-26-30(34-27)43-31(33-26)35-29(39)25(18-20-4-2-3-5-20)22-8-12-24(13-9-22)44(40,41)36(17-16-28(37)38)19-21-6-10-23(32)11-7-21/h6-15,20,25H,2-5,16-19H2,1H3,(H,37,38)(H,33,35,39)/t25-/m1/s1. The SMILES string of the molecule is COc1ccc2nc(NC(=O)[C@H](CC3CCCC3)c3ccc(S(=O)(=O)N(CCC(=O)O)Cc4ccc(F)cc4)cc3)sc2n1. The molecule has 13 heteroatoms. The van der Waals surface area contributed by atoms with Gasteiger partial charge in [-0.05, 0) is 53.8 Å². The molecule has 0 saturated heterocycles. The van der Waals surface area contributed by atoms with Crippen molar-refractivity contribution in [3.8, 4) is 5.88 Å². The number of pyridine rings is 1. The Morgan fingerprint density at radius 1 is 1.07 bits per heavy atom. The number of hydrogen-bond acceptors (Lipinski definition) is 8. The van der Waals surface area contributed by atoms with Crippen LogP contribution in [0.2, 0.25) is 0 Å². The topological polar surface area (TPSA) is 139 Å². The molecule has 1 saturated carbocycles. The number of nitrogens with zero attached hydrogens (tertiary/aromatic N) is 3. The molecule has 0 bridgehead atoms. The van der Waals surface area contributed by atoms with Crippen LogP contribution in [0, 0.1) is 11.7 Å². The Morgan fingerprint density at radius 3 is 2.43 bits per heavy atom. The summed E-state index contributed by atoms with van der Waals surface area (Å²) >= 11 is 1.25. The molecule has 1 atom stereocenters. The fourth-order valence-corrected chi connectivity index (χ4v) is 7.71. The van der Waals surface area contributed by atoms with Gasteiger partial charge in [-0.3, -0.25) is 9.59 Å². The van der Waals surface area contributed by atoms with Crippen LogP contribution in [0.3, 0.4) is 0 Å². The number of nitrogens with one attached hydrogen (secondary N) is 1. The summed E-state index contributed by atoms with van der Waals surface area (Å²) in [5.74, 6) is -1.54. The number of carbonyl (C=O) groups excluding carboxylic acids is 1. The number of methoxy groups -OCH3 is 1. The predicted octanol–water partition coefficient (Wildman–Crippen LogP) is 5.81. The van der Waals surface area contributed by atoms with Crippen LogP contribution in [0.25, 0.3) is 10.3 Å². The second-order valence-electron chi connectivity index (χ2n) is 10.8. The summed E-state index contributed by atoms with van der Waals surface area (Å²) in [5, 5.41) is 12.6. The number of fused-ring (bicyclic) bond motifs is 1. The fraction of sp³-hybridized carbons (Fsp3) is 0.355. The molecule has 0 radical (unpaired) electrons. The van der Waals surface area contributed by atoms with Crippen molar-refractivity contribution >= 4 is 48.7 Å². The van der Waals surface area contributed by atoms with Gasteiger partial charge in [-0.15, -0.1) is 0 Å². The van der Waals surface area contributed by atoms with Gasteiger partial charge in [-0.2, -0.15) is 4.31 Å². The molecule has 1 amide bonds. The summed E-state index contributed by atoms with van der Waals surface area (Å²) in [7, 11) is -2.58. The number of hydrogen-bond donors (Lipinski definition) is 2. The molecule has 2 heterocycles. The summed E-state index contributed by atoms with van der Waals surface area (Å²) in [6.45, 7) is -0.375. The Morgan fingerprint density at radius 2 is 1.77 bits per heavy atom. The third-order valence-electron chi connectivity index (χ3n) is 7.80. The number of benzene rings is 2. The summed E-state index contributed by atoms with van der Waals surface area (Å²) in [6.07, 6.45) is 4.51. The van der Waals surface area contributed by atoms with E-state index in [0.717, 1.165) is 30.0 Å². The van der Waals surface area contributed by atoms with Crippen molar-refractivity contribution in [2.45, 2.75) is 55.9 Å². The average Bonchev–Trinajstić information content (AvgIpc) is 3.67. The van der Waals surface area contributed by atoms with Crippen LogP contribution in [0.15, 0.2) is 65.6 Å². The van der Waals surface area contributed by atoms with Crippen molar-refractivity contribution in [2.24, 2.45) is 5.92 Å². The molecule has 0 spiro atoms. The monoisotopic (exact) mass is 640 g/mol. The highest BCUT2D eigenvalue weighted by Crippen LogP contribution is 2.36. The fourth-order valence-electron chi connectivity index (χ4n) is 5.45. The summed E-state index contributed by atoms with van der Waals surface area (Å²) in [4.78, 5) is 34.4. The molecule has 1 aliphatic rings. The summed E-state index contributed by atoms with van der Waals surface area (Å²) < 4.78 is 47.0. The van der Waals surface area contributed by atoms with Crippen LogP contribution in [0.4, 0.5) is 9.52 Å². The van der Waals surface area contributed by atoms with Crippen molar-refractivity contribution in [1.29, 1.82) is 0 Å². The van der Waals surface area contributed by atoms with Gasteiger partial charge >= 0.3 is 5.97 Å². The van der Waals surface area contributed by atoms with E-state index >= 15 is 0 Å². The number of carboxylic acids is 1. The van der Waals surface area contributed by atoms with Gasteiger partial charge in [0.25, 0.3) is 0 Å². The van der Waals surface area contributed by atoms with Gasteiger partial charge in [0.1, 0.15) is 16.2 Å². The molecule has 5 rings (SSSR count). The lowest BCUT2D eigenvalue weighted by atomic mass is 9.87. The van der Waals surface area contributed by atoms with Gasteiger partial charge in [0.05, 0.1) is 24.3 Å². The zero-order valence-corrected chi connectivity index (χ0v) is 25.7. The van der Waals surface area contributed by atoms with Crippen LogP contribution < -0.4 is 10.1 Å². The Hall–Kier alpha value is -3.94. The van der Waals surface area contributed by atoms with Gasteiger partial charge in [0, 0.05) is 19.2 Å². The molecule has 2 aromatic carbocycles. The molecule has 1 fully saturated rings. The molecule has 0 unspecified atom stereocenters. The van der Waals surface area contributed by atoms with E-state index in [9.17, 15) is 27.5 Å². The van der Waals surface area contributed by atoms with E-state index < -0.39 is 34.1 Å². The van der Waals surface area contributed by atoms with Crippen molar-refractivity contribution in [3.63, 3.8) is 0 Å². The minimum Gasteiger partial charge on any atom is -0.481 e. The van der Waals surface area contributed by atoms with E-state index in [4.69, 9.17) is 4.74 Å². The molecule has 2 aromatic heterocycles. The van der Waals surface area contributed by atoms with E-state index in [1.54, 1.807) is 24.3 Å². The molecular formula is C31H33FN4O6S2. The van der Waals surface area contributed by atoms with Gasteiger partial charge < -0.3 is 15.2 Å². The first-order chi connectivity index (χ1) is 21.1. The van der Waals surface area contributed by atoms with Crippen LogP contribution >= 0.6 is 11.3 Å². The predicted molar refractivity (Wildman–Crippen MR) is 165 cm³/mol. The number of ether oxygens (including phenoxy) is 1. The molecule has 4 aromatic rings. The second-order valence-corrected chi connectivity index (χ2v) is 13.7. The smallest absolute Gasteiger partial charge is 0.304 e. The lowest BCUT2D eigenvalue weighted by Crippen LogP contribution is -2.32. The van der Waals surface area contributed by atoms with Crippen LogP contribution in [0.5, 0.6) is 5.88 Å². The Labute approximate surface area is 259 Å². The Balaban J connectivity index is 1.39. The first-order valence-electron chi connectivity index (χ1n) is 14.3. The Bertz CT molecular complexity index is 1720. The van der Waals surface area contributed by atoms with Crippen LogP contribution in [0.1, 0.15) is 55.6 Å². The third kappa shape index (κ3) is 7.58. The first kappa shape index (κ1) is 31.5. The molecule has 1 aliphatic carbocycles. The molecule has 0 aliphatic heterocycles. The highest BCUT2D eigenvalue weighted by molar-refractivity contribution is 7.89. The number of halogens is 1. The molecule has 232 valence electrons. The normalized spacial score (nSPS) is 14.6. The molecule has 44 heavy (non-hydrogen) atoms. The van der Waals surface area contributed by atoms with Crippen LogP contribution in [-0.4, -0.2) is 53.3 Å². The average molecular weight is 641 g/mol.